The van der Waals surface area contributed by atoms with Crippen LogP contribution in [0.3, 0.4) is 0 Å². The van der Waals surface area contributed by atoms with Crippen LogP contribution in [-0.2, 0) is 24.3 Å². The largest absolute Gasteiger partial charge is 0.454 e. The number of hydrogen-bond donors (Lipinski definition) is 2. The van der Waals surface area contributed by atoms with E-state index >= 15 is 0 Å². The summed E-state index contributed by atoms with van der Waals surface area (Å²) in [7, 11) is -3.60. The van der Waals surface area contributed by atoms with Crippen molar-refractivity contribution in [2.75, 3.05) is 25.0 Å². The number of esters is 1. The van der Waals surface area contributed by atoms with Crippen molar-refractivity contribution in [2.24, 2.45) is 0 Å². The van der Waals surface area contributed by atoms with Gasteiger partial charge in [0.15, 0.2) is 6.61 Å². The minimum atomic E-state index is -3.60. The number of carbonyl (C=O) groups excluding carboxylic acids is 3. The van der Waals surface area contributed by atoms with Gasteiger partial charge < -0.3 is 15.4 Å². The number of ether oxygens (including phenoxy) is 1. The summed E-state index contributed by atoms with van der Waals surface area (Å²) in [5, 5.41) is 5.22. The van der Waals surface area contributed by atoms with Crippen molar-refractivity contribution < 1.29 is 27.5 Å². The molecule has 9 nitrogen and oxygen atoms in total. The first-order chi connectivity index (χ1) is 15.6. The maximum atomic E-state index is 12.5. The van der Waals surface area contributed by atoms with Crippen LogP contribution in [0, 0.1) is 0 Å². The molecule has 2 aromatic carbocycles. The van der Waals surface area contributed by atoms with E-state index in [9.17, 15) is 22.8 Å². The van der Waals surface area contributed by atoms with Crippen LogP contribution in [0.15, 0.2) is 53.4 Å². The number of hydrogen-bond acceptors (Lipinski definition) is 6. The van der Waals surface area contributed by atoms with Crippen molar-refractivity contribution in [3.05, 3.63) is 59.1 Å². The van der Waals surface area contributed by atoms with Gasteiger partial charge in [0.25, 0.3) is 11.8 Å². The molecule has 0 fully saturated rings. The van der Waals surface area contributed by atoms with Gasteiger partial charge in [-0.1, -0.05) is 37.6 Å². The van der Waals surface area contributed by atoms with E-state index in [-0.39, 0.29) is 15.5 Å². The van der Waals surface area contributed by atoms with Gasteiger partial charge >= 0.3 is 5.97 Å². The molecule has 2 N–H and O–H groups in total. The summed E-state index contributed by atoms with van der Waals surface area (Å²) in [6, 6.07) is 11.0. The molecule has 2 amide bonds. The van der Waals surface area contributed by atoms with E-state index < -0.39 is 40.5 Å². The summed E-state index contributed by atoms with van der Waals surface area (Å²) in [5.74, 6) is -1.96. The fourth-order valence-electron chi connectivity index (χ4n) is 2.86. The zero-order chi connectivity index (χ0) is 24.6. The SMILES string of the molecule is CCN(CC)S(=O)(=O)c1ccc(NC(=O)COC(=O)C(C)NC(=O)c2ccccc2Cl)cc1. The Kier molecular flexibility index (Phi) is 9.39. The molecule has 0 aromatic heterocycles. The molecule has 0 aliphatic heterocycles. The molecule has 0 saturated heterocycles. The minimum Gasteiger partial charge on any atom is -0.454 e. The Morgan fingerprint density at radius 3 is 2.21 bits per heavy atom. The molecule has 0 saturated carbocycles. The number of carbonyl (C=O) groups is 3. The highest BCUT2D eigenvalue weighted by Gasteiger charge is 2.22. The molecular weight excluding hydrogens is 470 g/mol. The van der Waals surface area contributed by atoms with Crippen LogP contribution >= 0.6 is 11.6 Å². The second-order valence-electron chi connectivity index (χ2n) is 6.94. The van der Waals surface area contributed by atoms with Crippen molar-refractivity contribution in [1.82, 2.24) is 9.62 Å². The number of nitrogens with zero attached hydrogens (tertiary/aromatic N) is 1. The second-order valence-corrected chi connectivity index (χ2v) is 9.29. The molecule has 2 rings (SSSR count). The number of benzene rings is 2. The Morgan fingerprint density at radius 2 is 1.64 bits per heavy atom. The number of nitrogens with one attached hydrogen (secondary N) is 2. The lowest BCUT2D eigenvalue weighted by molar-refractivity contribution is -0.148. The summed E-state index contributed by atoms with van der Waals surface area (Å²) in [6.45, 7) is 5.04. The van der Waals surface area contributed by atoms with E-state index in [4.69, 9.17) is 16.3 Å². The predicted octanol–water partition coefficient (Wildman–Crippen LogP) is 2.67. The van der Waals surface area contributed by atoms with E-state index in [0.717, 1.165) is 0 Å². The molecule has 1 unspecified atom stereocenters. The maximum Gasteiger partial charge on any atom is 0.328 e. The van der Waals surface area contributed by atoms with Gasteiger partial charge in [0.05, 0.1) is 15.5 Å². The van der Waals surface area contributed by atoms with Crippen molar-refractivity contribution in [2.45, 2.75) is 31.7 Å². The molecule has 0 spiro atoms. The Balaban J connectivity index is 1.87. The lowest BCUT2D eigenvalue weighted by Gasteiger charge is -2.18. The third kappa shape index (κ3) is 7.01. The van der Waals surface area contributed by atoms with Crippen LogP contribution in [0.5, 0.6) is 0 Å². The van der Waals surface area contributed by atoms with Crippen molar-refractivity contribution >= 4 is 45.1 Å². The Morgan fingerprint density at radius 1 is 1.03 bits per heavy atom. The Bertz CT molecular complexity index is 1100. The normalized spacial score (nSPS) is 12.2. The third-order valence-electron chi connectivity index (χ3n) is 4.65. The van der Waals surface area contributed by atoms with Crippen LogP contribution in [0.4, 0.5) is 5.69 Å². The first-order valence-corrected chi connectivity index (χ1v) is 12.0. The van der Waals surface area contributed by atoms with Crippen LogP contribution in [0.25, 0.3) is 0 Å². The molecular formula is C22H26ClN3O6S. The van der Waals surface area contributed by atoms with Crippen molar-refractivity contribution in [3.63, 3.8) is 0 Å². The van der Waals surface area contributed by atoms with Crippen LogP contribution in [0.1, 0.15) is 31.1 Å². The van der Waals surface area contributed by atoms with Gasteiger partial charge in [-0.05, 0) is 43.3 Å². The highest BCUT2D eigenvalue weighted by atomic mass is 35.5. The lowest BCUT2D eigenvalue weighted by Crippen LogP contribution is -2.40. The van der Waals surface area contributed by atoms with Crippen molar-refractivity contribution in [3.8, 4) is 0 Å². The van der Waals surface area contributed by atoms with Gasteiger partial charge in [-0.2, -0.15) is 4.31 Å². The summed E-state index contributed by atoms with van der Waals surface area (Å²) < 4.78 is 31.3. The first kappa shape index (κ1) is 26.3. The third-order valence-corrected chi connectivity index (χ3v) is 7.04. The van der Waals surface area contributed by atoms with Gasteiger partial charge in [-0.25, -0.2) is 13.2 Å². The molecule has 178 valence electrons. The molecule has 0 aliphatic carbocycles. The van der Waals surface area contributed by atoms with E-state index in [2.05, 4.69) is 10.6 Å². The fourth-order valence-corrected chi connectivity index (χ4v) is 4.54. The quantitative estimate of drug-likeness (QED) is 0.489. The van der Waals surface area contributed by atoms with Crippen LogP contribution in [-0.4, -0.2) is 56.2 Å². The Hall–Kier alpha value is -2.95. The van der Waals surface area contributed by atoms with E-state index in [0.29, 0.717) is 18.8 Å². The summed E-state index contributed by atoms with van der Waals surface area (Å²) in [4.78, 5) is 36.5. The van der Waals surface area contributed by atoms with E-state index in [1.165, 1.54) is 41.6 Å². The number of sulfonamides is 1. The standard InChI is InChI=1S/C22H26ClN3O6S/c1-4-26(5-2)33(30,31)17-12-10-16(11-13-17)25-20(27)14-32-22(29)15(3)24-21(28)18-8-6-7-9-19(18)23/h6-13,15H,4-5,14H2,1-3H3,(H,24,28)(H,25,27). The first-order valence-electron chi connectivity index (χ1n) is 10.2. The number of halogens is 1. The lowest BCUT2D eigenvalue weighted by atomic mass is 10.2. The molecule has 0 bridgehead atoms. The van der Waals surface area contributed by atoms with Gasteiger partial charge in [0.1, 0.15) is 6.04 Å². The summed E-state index contributed by atoms with van der Waals surface area (Å²) >= 11 is 5.96. The smallest absolute Gasteiger partial charge is 0.328 e. The topological polar surface area (TPSA) is 122 Å². The Labute approximate surface area is 198 Å². The molecule has 33 heavy (non-hydrogen) atoms. The highest BCUT2D eigenvalue weighted by Crippen LogP contribution is 2.18. The predicted molar refractivity (Wildman–Crippen MR) is 125 cm³/mol. The summed E-state index contributed by atoms with van der Waals surface area (Å²) in [5.41, 5.74) is 0.553. The molecule has 2 aromatic rings. The average Bonchev–Trinajstić information content (AvgIpc) is 2.78. The molecule has 11 heteroatoms. The van der Waals surface area contributed by atoms with Gasteiger partial charge in [-0.15, -0.1) is 0 Å². The monoisotopic (exact) mass is 495 g/mol. The minimum absolute atomic E-state index is 0.110. The van der Waals surface area contributed by atoms with Gasteiger partial charge in [-0.3, -0.25) is 9.59 Å². The number of amides is 2. The van der Waals surface area contributed by atoms with Gasteiger partial charge in [0, 0.05) is 18.8 Å². The molecule has 0 heterocycles. The summed E-state index contributed by atoms with van der Waals surface area (Å²) in [6.07, 6.45) is 0. The van der Waals surface area contributed by atoms with Crippen LogP contribution in [0.2, 0.25) is 5.02 Å². The average molecular weight is 496 g/mol. The van der Waals surface area contributed by atoms with Crippen LogP contribution < -0.4 is 10.6 Å². The molecule has 0 aliphatic rings. The molecule has 0 radical (unpaired) electrons. The zero-order valence-corrected chi connectivity index (χ0v) is 20.1. The zero-order valence-electron chi connectivity index (χ0n) is 18.5. The maximum absolute atomic E-state index is 12.5. The second kappa shape index (κ2) is 11.8. The van der Waals surface area contributed by atoms with E-state index in [1.807, 2.05) is 0 Å². The van der Waals surface area contributed by atoms with Crippen molar-refractivity contribution in [1.29, 1.82) is 0 Å². The number of anilines is 1. The van der Waals surface area contributed by atoms with E-state index in [1.54, 1.807) is 32.0 Å². The highest BCUT2D eigenvalue weighted by molar-refractivity contribution is 7.89. The fraction of sp³-hybridized carbons (Fsp3) is 0.318. The number of rotatable bonds is 10. The molecule has 1 atom stereocenters. The van der Waals surface area contributed by atoms with Gasteiger partial charge in [0.2, 0.25) is 10.0 Å².